The zero-order valence-electron chi connectivity index (χ0n) is 33.7. The minimum atomic E-state index is -4.63. The largest absolute Gasteiger partial charge is 0.778 e. The maximum absolute atomic E-state index is 12.6. The monoisotopic (exact) mass is 995 g/mol. The lowest BCUT2D eigenvalue weighted by molar-refractivity contribution is -0.383. The summed E-state index contributed by atoms with van der Waals surface area (Å²) >= 11 is 11.5. The third-order valence-electron chi connectivity index (χ3n) is 6.34. The Hall–Kier alpha value is -5.55. The summed E-state index contributed by atoms with van der Waals surface area (Å²) in [5.74, 6) is -2.23. The molecular weight excluding hydrogens is 957 g/mol. The number of nitrogens with two attached hydrogens (primary N) is 1. The van der Waals surface area contributed by atoms with Crippen LogP contribution in [0.1, 0.15) is 15.9 Å². The van der Waals surface area contributed by atoms with Gasteiger partial charge in [-0.2, -0.15) is 36.7 Å². The van der Waals surface area contributed by atoms with Crippen molar-refractivity contribution in [2.45, 2.75) is 11.2 Å². The Balaban J connectivity index is 0.000000496. The Morgan fingerprint density at radius 1 is 1.08 bits per heavy atom. The average molecular weight is 997 g/mol. The minimum absolute atomic E-state index is 0.0913. The van der Waals surface area contributed by atoms with Crippen LogP contribution in [0.25, 0.3) is 5.69 Å². The Kier molecular flexibility index (Phi) is 21.4. The normalized spacial score (nSPS) is 11.8. The second-order valence-corrected chi connectivity index (χ2v) is 18.6. The fourth-order valence-electron chi connectivity index (χ4n) is 3.88. The molecule has 4 aromatic rings. The predicted octanol–water partition coefficient (Wildman–Crippen LogP) is 2.45. The number of nitro groups is 1. The van der Waals surface area contributed by atoms with E-state index >= 15 is 0 Å². The number of methoxy groups -OCH3 is 2. The number of anilines is 2. The maximum atomic E-state index is 12.6. The van der Waals surface area contributed by atoms with Gasteiger partial charge in [-0.25, -0.2) is 19.2 Å². The molecule has 0 saturated heterocycles. The number of halogens is 5. The number of nitrogen functional groups attached to an aromatic ring is 1. The van der Waals surface area contributed by atoms with Crippen LogP contribution in [0.3, 0.4) is 0 Å². The lowest BCUT2D eigenvalue weighted by Crippen LogP contribution is -2.36. The van der Waals surface area contributed by atoms with Crippen molar-refractivity contribution in [2.75, 3.05) is 71.0 Å². The number of pyridine rings is 1. The summed E-state index contributed by atoms with van der Waals surface area (Å²) < 4.78 is 85.3. The summed E-state index contributed by atoms with van der Waals surface area (Å²) in [6.45, 7) is -0.479. The van der Waals surface area contributed by atoms with E-state index in [-0.39, 0.29) is 39.0 Å². The van der Waals surface area contributed by atoms with Crippen molar-refractivity contribution >= 4 is 87.1 Å². The molecule has 32 heteroatoms. The van der Waals surface area contributed by atoms with Crippen molar-refractivity contribution in [3.05, 3.63) is 74.0 Å². The van der Waals surface area contributed by atoms with E-state index in [4.69, 9.17) is 48.4 Å². The number of benzene rings is 1. The van der Waals surface area contributed by atoms with Gasteiger partial charge >= 0.3 is 23.9 Å². The van der Waals surface area contributed by atoms with Gasteiger partial charge in [0.25, 0.3) is 15.9 Å². The number of sulfonamides is 1. The third kappa shape index (κ3) is 18.8. The molecule has 1 unspecified atom stereocenters. The maximum Gasteiger partial charge on any atom is 0.416 e. The number of ether oxygens (including phenoxy) is 2. The second-order valence-electron chi connectivity index (χ2n) is 12.1. The lowest BCUT2D eigenvalue weighted by Gasteiger charge is -2.14. The first-order chi connectivity index (χ1) is 28.9. The van der Waals surface area contributed by atoms with Crippen molar-refractivity contribution in [1.82, 2.24) is 39.7 Å². The molecule has 0 bridgehead atoms. The molecule has 0 fully saturated rings. The van der Waals surface area contributed by atoms with E-state index in [0.717, 1.165) is 10.9 Å². The molecule has 63 heavy (non-hydrogen) atoms. The molecule has 1 atom stereocenters. The summed E-state index contributed by atoms with van der Waals surface area (Å²) in [6.07, 6.45) is 3.28. The van der Waals surface area contributed by atoms with Crippen molar-refractivity contribution in [3.8, 4) is 17.4 Å². The number of aliphatic carboxylic acids is 1. The van der Waals surface area contributed by atoms with Crippen LogP contribution >= 0.6 is 30.8 Å². The van der Waals surface area contributed by atoms with Gasteiger partial charge in [0.1, 0.15) is 19.5 Å². The Morgan fingerprint density at radius 2 is 1.60 bits per heavy atom. The van der Waals surface area contributed by atoms with Crippen molar-refractivity contribution in [1.29, 1.82) is 0 Å². The summed E-state index contributed by atoms with van der Waals surface area (Å²) in [6, 6.07) is 4.17. The summed E-state index contributed by atoms with van der Waals surface area (Å²) in [7, 11) is -2.56. The van der Waals surface area contributed by atoms with Crippen molar-refractivity contribution in [3.63, 3.8) is 0 Å². The molecule has 3 aromatic heterocycles. The van der Waals surface area contributed by atoms with Gasteiger partial charge in [-0.05, 0) is 35.2 Å². The van der Waals surface area contributed by atoms with Gasteiger partial charge in [-0.3, -0.25) is 30.3 Å². The van der Waals surface area contributed by atoms with Gasteiger partial charge in [-0.15, -0.1) is 0 Å². The molecule has 7 N–H and O–H groups in total. The highest BCUT2D eigenvalue weighted by atomic mass is 35.5. The van der Waals surface area contributed by atoms with E-state index in [1.807, 2.05) is 5.32 Å². The van der Waals surface area contributed by atoms with Crippen molar-refractivity contribution in [2.24, 2.45) is 0 Å². The van der Waals surface area contributed by atoms with Gasteiger partial charge < -0.3 is 39.6 Å². The molecule has 0 saturated carbocycles. The highest BCUT2D eigenvalue weighted by molar-refractivity contribution is 7.94. The number of rotatable bonds is 12. The number of carboxylic acids is 1. The highest BCUT2D eigenvalue weighted by Gasteiger charge is 2.33. The van der Waals surface area contributed by atoms with E-state index in [9.17, 15) is 55.5 Å². The van der Waals surface area contributed by atoms with Crippen LogP contribution in [0.5, 0.6) is 11.8 Å². The molecule has 4 rings (SSSR count). The molecule has 348 valence electrons. The first-order valence-electron chi connectivity index (χ1n) is 16.4. The minimum Gasteiger partial charge on any atom is -0.778 e. The van der Waals surface area contributed by atoms with Crippen LogP contribution in [0.2, 0.25) is 10.0 Å². The van der Waals surface area contributed by atoms with E-state index < -0.39 is 81.6 Å². The number of hydrogen-bond acceptors (Lipinski definition) is 17. The predicted molar refractivity (Wildman–Crippen MR) is 222 cm³/mol. The number of carboxylic acid groups (broad SMARTS) is 1. The number of nitrogens with zero attached hydrogens (tertiary/aromatic N) is 7. The number of amides is 3. The number of carbonyl (C=O) groups excluding carboxylic acids is 2. The zero-order chi connectivity index (χ0) is 48.6. The Bertz CT molecular complexity index is 2360. The first kappa shape index (κ1) is 55.5. The van der Waals surface area contributed by atoms with Crippen LogP contribution in [-0.4, -0.2) is 131 Å². The fraction of sp³-hybridized carbons (Fsp3) is 0.323. The zero-order valence-corrected chi connectivity index (χ0v) is 37.7. The molecule has 3 heterocycles. The van der Waals surface area contributed by atoms with Crippen LogP contribution in [-0.2, 0) is 36.5 Å². The number of urea groups is 1. The third-order valence-corrected chi connectivity index (χ3v) is 8.83. The number of hydrogen-bond donors (Lipinski definition) is 6. The number of aromatic nitrogens is 5. The molecular formula is C31H39Cl2F3N11O13PS2. The standard InChI is InChI=1S/C15H18N6O6S.C10H5Cl2F3N4O2.C3H8NO5P.C3H9S/c1-21(2)13(22)9-6-5-7-16-12(9)28(24,25)20-15(23)19-14-17-10(26-3)8-11(18-14)27-4;11-5-1-4(10(13,14)15)2-6(12)8(5)18-9(16)7(3-17-18)19(20)21;5-3(6)1-4-2-10(7,8)9;1-4(2)3/h5-8H,1-4H3,(H2,17,18,19,20,23);1-3H,16H2;4H,1-2H2,(H,5,6)(H2,7,8,9);1-3H3/q;;;+1/p-1. The van der Waals surface area contributed by atoms with Crippen molar-refractivity contribution < 1.29 is 69.8 Å². The van der Waals surface area contributed by atoms with E-state index in [0.29, 0.717) is 23.0 Å². The molecule has 0 radical (unpaired) electrons. The Labute approximate surface area is 369 Å². The molecule has 0 aliphatic heterocycles. The molecule has 0 aliphatic carbocycles. The SMILES string of the molecule is COc1cc(OC)nc(NC(=O)NS(=O)(=O)c2ncccc2C(=O)N(C)C)n1.C[S+](C)C.Nc1c([N+](=O)[O-])cnn1-c1c(Cl)cc(C(F)(F)F)cc1Cl.O=C(O)CNCP(=O)([O-])O. The van der Waals surface area contributed by atoms with Gasteiger partial charge in [-0.1, -0.05) is 23.2 Å². The quantitative estimate of drug-likeness (QED) is 0.0514. The summed E-state index contributed by atoms with van der Waals surface area (Å²) in [5, 5.41) is 25.1. The van der Waals surface area contributed by atoms with Crippen LogP contribution in [0, 0.1) is 10.1 Å². The number of alkyl halides is 3. The Morgan fingerprint density at radius 3 is 2.02 bits per heavy atom. The lowest BCUT2D eigenvalue weighted by atomic mass is 10.2. The number of nitrogens with one attached hydrogen (secondary N) is 3. The first-order valence-corrected chi connectivity index (χ1v) is 22.9. The topological polar surface area (TPSA) is 349 Å². The van der Waals surface area contributed by atoms with Crippen LogP contribution in [0.15, 0.2) is 47.8 Å². The molecule has 3 amide bonds. The average Bonchev–Trinajstić information content (AvgIpc) is 3.53. The van der Waals surface area contributed by atoms with Crippen LogP contribution in [0.4, 0.5) is 35.4 Å². The fourth-order valence-corrected chi connectivity index (χ4v) is 5.96. The van der Waals surface area contributed by atoms with Crippen LogP contribution < -0.4 is 35.5 Å². The van der Waals surface area contributed by atoms with E-state index in [1.165, 1.54) is 57.6 Å². The number of carbonyl (C=O) groups is 3. The molecule has 0 spiro atoms. The van der Waals surface area contributed by atoms with Gasteiger partial charge in [0.15, 0.2) is 5.03 Å². The highest BCUT2D eigenvalue weighted by Crippen LogP contribution is 2.39. The second kappa shape index (κ2) is 24.3. The smallest absolute Gasteiger partial charge is 0.416 e. The van der Waals surface area contributed by atoms with Gasteiger partial charge in [0.2, 0.25) is 23.5 Å². The van der Waals surface area contributed by atoms with Gasteiger partial charge in [0.05, 0.1) is 78.0 Å². The summed E-state index contributed by atoms with van der Waals surface area (Å²) in [5.41, 5.74) is 3.59. The molecule has 1 aromatic carbocycles. The van der Waals surface area contributed by atoms with E-state index in [2.05, 4.69) is 44.1 Å². The van der Waals surface area contributed by atoms with E-state index in [1.54, 1.807) is 4.72 Å². The summed E-state index contributed by atoms with van der Waals surface area (Å²) in [4.78, 5) is 74.6. The molecule has 0 aliphatic rings. The van der Waals surface area contributed by atoms with Gasteiger partial charge in [0, 0.05) is 20.3 Å². The molecule has 24 nitrogen and oxygen atoms in total.